The fourth-order valence-electron chi connectivity index (χ4n) is 6.85. The van der Waals surface area contributed by atoms with Gasteiger partial charge >= 0.3 is 11.9 Å². The topological polar surface area (TPSA) is 104 Å². The van der Waals surface area contributed by atoms with E-state index >= 15 is 0 Å². The van der Waals surface area contributed by atoms with Gasteiger partial charge in [0, 0.05) is 24.0 Å². The second-order valence-corrected chi connectivity index (χ2v) is 11.4. The third-order valence-corrected chi connectivity index (χ3v) is 9.24. The van der Waals surface area contributed by atoms with Crippen molar-refractivity contribution in [1.82, 2.24) is 0 Å². The van der Waals surface area contributed by atoms with Crippen molar-refractivity contribution >= 4 is 11.9 Å². The smallest absolute Gasteiger partial charge is 0.331 e. The Morgan fingerprint density at radius 2 is 1.84 bits per heavy atom. The molecule has 2 aliphatic carbocycles. The number of carbonyl (C=O) groups excluding carboxylic acids is 2. The van der Waals surface area contributed by atoms with Crippen molar-refractivity contribution in [1.29, 1.82) is 0 Å². The van der Waals surface area contributed by atoms with E-state index in [0.717, 1.165) is 18.4 Å². The third kappa shape index (κ3) is 4.42. The molecule has 202 valence electrons. The predicted octanol–water partition coefficient (Wildman–Crippen LogP) is 3.34. The van der Waals surface area contributed by atoms with Crippen molar-refractivity contribution in [2.45, 2.75) is 89.5 Å². The summed E-state index contributed by atoms with van der Waals surface area (Å²) in [5.41, 5.74) is 0.318. The number of rotatable bonds is 1. The maximum absolute atomic E-state index is 12.9. The molecular formula is C29H38O8. The number of aliphatic hydroxyl groups is 1. The average molecular weight is 515 g/mol. The highest BCUT2D eigenvalue weighted by atomic mass is 16.6. The first kappa shape index (κ1) is 26.4. The predicted molar refractivity (Wildman–Crippen MR) is 134 cm³/mol. The molecular weight excluding hydrogens is 476 g/mol. The van der Waals surface area contributed by atoms with E-state index in [9.17, 15) is 14.7 Å². The number of ether oxygens (including phenoxy) is 5. The highest BCUT2D eigenvalue weighted by molar-refractivity contribution is 5.83. The fourth-order valence-corrected chi connectivity index (χ4v) is 6.85. The number of hydrogen-bond acceptors (Lipinski definition) is 8. The van der Waals surface area contributed by atoms with E-state index in [1.807, 2.05) is 6.92 Å². The van der Waals surface area contributed by atoms with Crippen LogP contribution in [0.4, 0.5) is 0 Å². The average Bonchev–Trinajstić information content (AvgIpc) is 3.61. The summed E-state index contributed by atoms with van der Waals surface area (Å²) in [6, 6.07) is 0. The monoisotopic (exact) mass is 514 g/mol. The van der Waals surface area contributed by atoms with Crippen LogP contribution in [-0.2, 0) is 33.3 Å². The number of carbonyl (C=O) groups is 2. The highest BCUT2D eigenvalue weighted by Crippen LogP contribution is 2.72. The van der Waals surface area contributed by atoms with Gasteiger partial charge in [-0.15, -0.1) is 0 Å². The van der Waals surface area contributed by atoms with Gasteiger partial charge in [-0.2, -0.15) is 0 Å². The molecule has 0 unspecified atom stereocenters. The van der Waals surface area contributed by atoms with Gasteiger partial charge in [-0.1, -0.05) is 42.4 Å². The van der Waals surface area contributed by atoms with Gasteiger partial charge in [-0.3, -0.25) is 0 Å². The second kappa shape index (κ2) is 9.80. The maximum atomic E-state index is 12.9. The van der Waals surface area contributed by atoms with E-state index in [2.05, 4.69) is 19.9 Å². The van der Waals surface area contributed by atoms with E-state index in [0.29, 0.717) is 26.1 Å². The van der Waals surface area contributed by atoms with Crippen molar-refractivity contribution in [3.8, 4) is 0 Å². The number of hydrogen-bond donors (Lipinski definition) is 1. The van der Waals surface area contributed by atoms with Crippen LogP contribution in [0.25, 0.3) is 0 Å². The minimum Gasteiger partial charge on any atom is -0.462 e. The Morgan fingerprint density at radius 3 is 2.57 bits per heavy atom. The first-order chi connectivity index (χ1) is 17.6. The third-order valence-electron chi connectivity index (χ3n) is 9.24. The molecule has 8 atom stereocenters. The molecule has 2 spiro atoms. The molecule has 2 saturated heterocycles. The standard InChI is InChI=1S/C29H38O8/c1-18-9-11-28-16-34-26(32)14-19(2)10-12-33-21(20(3)30)7-5-6-8-25(31)37-22-15-24(36-23(28)13-18)29(17-35-29)27(22,28)4/h5-8,13-14,20-24,30H,9-12,15-17H2,1-4H3/b7-5+,8-6-,19-14+/t20-,21+,22+,23+,24+,27-,28+,29-/m0/s1. The number of aliphatic hydroxyl groups excluding tert-OH is 1. The van der Waals surface area contributed by atoms with E-state index in [4.69, 9.17) is 23.7 Å². The van der Waals surface area contributed by atoms with Gasteiger partial charge < -0.3 is 28.8 Å². The van der Waals surface area contributed by atoms with Gasteiger partial charge in [0.15, 0.2) is 0 Å². The van der Waals surface area contributed by atoms with Crippen LogP contribution >= 0.6 is 0 Å². The van der Waals surface area contributed by atoms with Gasteiger partial charge in [0.1, 0.15) is 24.4 Å². The highest BCUT2D eigenvalue weighted by Gasteiger charge is 2.83. The van der Waals surface area contributed by atoms with E-state index in [1.54, 1.807) is 25.2 Å². The van der Waals surface area contributed by atoms with E-state index in [1.165, 1.54) is 17.7 Å². The number of esters is 2. The Morgan fingerprint density at radius 1 is 1.05 bits per heavy atom. The van der Waals surface area contributed by atoms with Crippen molar-refractivity contribution in [2.75, 3.05) is 19.8 Å². The minimum absolute atomic E-state index is 0.144. The summed E-state index contributed by atoms with van der Waals surface area (Å²) in [6.07, 6.45) is 10.5. The van der Waals surface area contributed by atoms with Crippen molar-refractivity contribution in [3.05, 3.63) is 47.6 Å². The van der Waals surface area contributed by atoms with Crippen LogP contribution in [0.15, 0.2) is 47.6 Å². The molecule has 1 saturated carbocycles. The lowest BCUT2D eigenvalue weighted by atomic mass is 9.51. The van der Waals surface area contributed by atoms with Crippen LogP contribution in [0, 0.1) is 10.8 Å². The van der Waals surface area contributed by atoms with Gasteiger partial charge in [0.2, 0.25) is 0 Å². The van der Waals surface area contributed by atoms with Crippen LogP contribution in [-0.4, -0.2) is 73.0 Å². The van der Waals surface area contributed by atoms with Gasteiger partial charge in [0.05, 0.1) is 36.9 Å². The van der Waals surface area contributed by atoms with Crippen LogP contribution in [0.3, 0.4) is 0 Å². The Bertz CT molecular complexity index is 1050. The van der Waals surface area contributed by atoms with Gasteiger partial charge in [0.25, 0.3) is 0 Å². The molecule has 0 radical (unpaired) electrons. The van der Waals surface area contributed by atoms with Crippen LogP contribution < -0.4 is 0 Å². The molecule has 0 aromatic rings. The normalized spacial score (nSPS) is 46.2. The number of allylic oxidation sites excluding steroid dienone is 3. The first-order valence-electron chi connectivity index (χ1n) is 13.3. The van der Waals surface area contributed by atoms with Crippen LogP contribution in [0.1, 0.15) is 53.4 Å². The minimum atomic E-state index is -0.735. The summed E-state index contributed by atoms with van der Waals surface area (Å²) in [5.74, 6) is -0.879. The Kier molecular flexibility index (Phi) is 6.98. The summed E-state index contributed by atoms with van der Waals surface area (Å²) < 4.78 is 30.6. The van der Waals surface area contributed by atoms with Crippen molar-refractivity contribution in [2.24, 2.45) is 10.8 Å². The molecule has 3 fully saturated rings. The Hall–Kier alpha value is -2.26. The zero-order valence-corrected chi connectivity index (χ0v) is 22.1. The van der Waals surface area contributed by atoms with E-state index < -0.39 is 46.7 Å². The largest absolute Gasteiger partial charge is 0.462 e. The maximum Gasteiger partial charge on any atom is 0.331 e. The molecule has 5 rings (SSSR count). The lowest BCUT2D eigenvalue weighted by Crippen LogP contribution is -2.66. The molecule has 37 heavy (non-hydrogen) atoms. The van der Waals surface area contributed by atoms with Crippen LogP contribution in [0.2, 0.25) is 0 Å². The molecule has 8 heteroatoms. The first-order valence-corrected chi connectivity index (χ1v) is 13.3. The zero-order valence-electron chi connectivity index (χ0n) is 22.1. The molecule has 0 amide bonds. The zero-order chi connectivity index (χ0) is 26.4. The van der Waals surface area contributed by atoms with Crippen molar-refractivity contribution in [3.63, 3.8) is 0 Å². The lowest BCUT2D eigenvalue weighted by Gasteiger charge is -2.58. The summed E-state index contributed by atoms with van der Waals surface area (Å²) >= 11 is 0. The quantitative estimate of drug-likeness (QED) is 0.323. The molecule has 3 aliphatic heterocycles. The van der Waals surface area contributed by atoms with E-state index in [-0.39, 0.29) is 18.8 Å². The van der Waals surface area contributed by atoms with Crippen molar-refractivity contribution < 1.29 is 38.4 Å². The molecule has 8 nitrogen and oxygen atoms in total. The molecule has 5 aliphatic rings. The summed E-state index contributed by atoms with van der Waals surface area (Å²) in [5, 5.41) is 10.0. The molecule has 3 heterocycles. The van der Waals surface area contributed by atoms with Gasteiger partial charge in [-0.05, 0) is 40.0 Å². The number of cyclic esters (lactones) is 1. The summed E-state index contributed by atoms with van der Waals surface area (Å²) in [7, 11) is 0. The molecule has 2 bridgehead atoms. The lowest BCUT2D eigenvalue weighted by molar-refractivity contribution is -0.232. The number of epoxide rings is 1. The fraction of sp³-hybridized carbons (Fsp3) is 0.655. The van der Waals surface area contributed by atoms with Crippen LogP contribution in [0.5, 0.6) is 0 Å². The molecule has 1 N–H and O–H groups in total. The van der Waals surface area contributed by atoms with Gasteiger partial charge in [-0.25, -0.2) is 9.59 Å². The summed E-state index contributed by atoms with van der Waals surface area (Å²) in [6.45, 7) is 8.73. The molecule has 0 aromatic heterocycles. The second-order valence-electron chi connectivity index (χ2n) is 11.4. The SMILES string of the molecule is CC1=C[C@H]2O[C@@H]3C[C@H]4OC(=O)/C=C\C=C\[C@H]([C@H](C)O)OCC/C(C)=C/C(=O)OC[C@@]2(CC1)[C@@]4(C)[C@]31CO1. The molecule has 0 aromatic carbocycles. The summed E-state index contributed by atoms with van der Waals surface area (Å²) in [4.78, 5) is 25.9. The Labute approximate surface area is 218 Å². The Balaban J connectivity index is 1.51.